The molecule has 0 aliphatic carbocycles. The van der Waals surface area contributed by atoms with E-state index in [0.29, 0.717) is 22.3 Å². The summed E-state index contributed by atoms with van der Waals surface area (Å²) < 4.78 is 6.80. The average Bonchev–Trinajstić information content (AvgIpc) is 3.20. The van der Waals surface area contributed by atoms with Gasteiger partial charge in [-0.25, -0.2) is 9.67 Å². The van der Waals surface area contributed by atoms with Crippen molar-refractivity contribution in [3.8, 4) is 22.8 Å². The molecule has 0 bridgehead atoms. The molecule has 0 unspecified atom stereocenters. The Morgan fingerprint density at radius 1 is 1.03 bits per heavy atom. The second kappa shape index (κ2) is 8.39. The van der Waals surface area contributed by atoms with Gasteiger partial charge in [-0.1, -0.05) is 35.9 Å². The first-order valence-electron chi connectivity index (χ1n) is 9.29. The van der Waals surface area contributed by atoms with Crippen LogP contribution in [-0.2, 0) is 0 Å². The summed E-state index contributed by atoms with van der Waals surface area (Å²) in [6, 6.07) is 22.2. The van der Waals surface area contributed by atoms with Gasteiger partial charge < -0.3 is 10.1 Å². The highest BCUT2D eigenvalue weighted by molar-refractivity contribution is 6.30. The second-order valence-electron chi connectivity index (χ2n) is 6.70. The fraction of sp³-hybridized carbons (Fsp3) is 0.0870. The zero-order valence-corrected chi connectivity index (χ0v) is 17.2. The van der Waals surface area contributed by atoms with E-state index in [1.807, 2.05) is 43.3 Å². The molecule has 1 aromatic heterocycles. The number of hydrogen-bond acceptors (Lipinski definition) is 4. The number of anilines is 1. The van der Waals surface area contributed by atoms with E-state index < -0.39 is 5.91 Å². The monoisotopic (exact) mass is 418 g/mol. The van der Waals surface area contributed by atoms with E-state index in [1.54, 1.807) is 48.2 Å². The van der Waals surface area contributed by atoms with E-state index in [0.717, 1.165) is 16.8 Å². The first-order chi connectivity index (χ1) is 14.5. The van der Waals surface area contributed by atoms with Gasteiger partial charge in [0, 0.05) is 16.3 Å². The molecule has 0 radical (unpaired) electrons. The van der Waals surface area contributed by atoms with Gasteiger partial charge in [-0.15, -0.1) is 5.10 Å². The van der Waals surface area contributed by atoms with Crippen molar-refractivity contribution in [1.82, 2.24) is 14.8 Å². The maximum Gasteiger partial charge on any atom is 0.295 e. The number of nitrogens with one attached hydrogen (secondary N) is 1. The summed E-state index contributed by atoms with van der Waals surface area (Å²) in [5.41, 5.74) is 3.27. The molecule has 150 valence electrons. The molecule has 0 aliphatic heterocycles. The van der Waals surface area contributed by atoms with Crippen molar-refractivity contribution in [3.05, 3.63) is 89.2 Å². The number of carbonyl (C=O) groups is 1. The summed E-state index contributed by atoms with van der Waals surface area (Å²) in [5.74, 6) is 0.887. The van der Waals surface area contributed by atoms with Crippen molar-refractivity contribution in [1.29, 1.82) is 0 Å². The molecular formula is C23H19ClN4O2. The number of halogens is 1. The van der Waals surface area contributed by atoms with Crippen LogP contribution in [0.5, 0.6) is 5.75 Å². The van der Waals surface area contributed by atoms with E-state index in [9.17, 15) is 4.79 Å². The minimum Gasteiger partial charge on any atom is -0.497 e. The predicted octanol–water partition coefficient (Wildman–Crippen LogP) is 5.16. The topological polar surface area (TPSA) is 69.0 Å². The number of ether oxygens (including phenoxy) is 1. The summed E-state index contributed by atoms with van der Waals surface area (Å²) in [6.07, 6.45) is 0. The third kappa shape index (κ3) is 4.18. The molecule has 1 amide bonds. The summed E-state index contributed by atoms with van der Waals surface area (Å²) in [6.45, 7) is 2.00. The number of aromatic nitrogens is 3. The number of methoxy groups -OCH3 is 1. The van der Waals surface area contributed by atoms with Gasteiger partial charge in [-0.05, 0) is 61.0 Å². The van der Waals surface area contributed by atoms with Crippen LogP contribution in [0, 0.1) is 6.92 Å². The number of hydrogen-bond donors (Lipinski definition) is 1. The van der Waals surface area contributed by atoms with Gasteiger partial charge in [0.25, 0.3) is 5.91 Å². The largest absolute Gasteiger partial charge is 0.497 e. The van der Waals surface area contributed by atoms with Gasteiger partial charge in [0.05, 0.1) is 12.8 Å². The molecule has 7 heteroatoms. The lowest BCUT2D eigenvalue weighted by molar-refractivity contribution is 0.101. The first-order valence-corrected chi connectivity index (χ1v) is 9.67. The van der Waals surface area contributed by atoms with E-state index in [1.165, 1.54) is 0 Å². The van der Waals surface area contributed by atoms with Crippen molar-refractivity contribution in [2.75, 3.05) is 12.4 Å². The number of aryl methyl sites for hydroxylation is 1. The standard InChI is InChI=1S/C23H19ClN4O2/c1-15-5-3-8-19(13-15)28-22(16-6-4-7-17(24)14-16)26-21(27-28)23(29)25-18-9-11-20(30-2)12-10-18/h3-14H,1-2H3,(H,25,29). The van der Waals surface area contributed by atoms with Crippen LogP contribution in [0.4, 0.5) is 5.69 Å². The Morgan fingerprint density at radius 3 is 2.50 bits per heavy atom. The molecule has 1 N–H and O–H groups in total. The van der Waals surface area contributed by atoms with E-state index in [2.05, 4.69) is 15.4 Å². The van der Waals surface area contributed by atoms with Gasteiger partial charge in [0.2, 0.25) is 5.82 Å². The summed E-state index contributed by atoms with van der Waals surface area (Å²) in [5, 5.41) is 7.88. The molecule has 30 heavy (non-hydrogen) atoms. The van der Waals surface area contributed by atoms with Crippen LogP contribution in [0.25, 0.3) is 17.1 Å². The lowest BCUT2D eigenvalue weighted by atomic mass is 10.2. The molecule has 0 spiro atoms. The Hall–Kier alpha value is -3.64. The van der Waals surface area contributed by atoms with E-state index >= 15 is 0 Å². The van der Waals surface area contributed by atoms with Crippen LogP contribution in [0.3, 0.4) is 0 Å². The highest BCUT2D eigenvalue weighted by Crippen LogP contribution is 2.25. The lowest BCUT2D eigenvalue weighted by Crippen LogP contribution is -2.14. The van der Waals surface area contributed by atoms with Crippen molar-refractivity contribution in [2.45, 2.75) is 6.92 Å². The number of amides is 1. The SMILES string of the molecule is COc1ccc(NC(=O)c2nc(-c3cccc(Cl)c3)n(-c3cccc(C)c3)n2)cc1. The molecule has 4 aromatic rings. The molecule has 4 rings (SSSR count). The Morgan fingerprint density at radius 2 is 1.80 bits per heavy atom. The predicted molar refractivity (Wildman–Crippen MR) is 117 cm³/mol. The Bertz CT molecular complexity index is 1140. The van der Waals surface area contributed by atoms with E-state index in [4.69, 9.17) is 16.3 Å². The molecule has 6 nitrogen and oxygen atoms in total. The van der Waals surface area contributed by atoms with Crippen LogP contribution in [0.2, 0.25) is 5.02 Å². The zero-order chi connectivity index (χ0) is 21.1. The fourth-order valence-electron chi connectivity index (χ4n) is 3.02. The minimum atomic E-state index is -0.408. The van der Waals surface area contributed by atoms with Crippen LogP contribution < -0.4 is 10.1 Å². The zero-order valence-electron chi connectivity index (χ0n) is 16.5. The summed E-state index contributed by atoms with van der Waals surface area (Å²) in [7, 11) is 1.59. The third-order valence-electron chi connectivity index (χ3n) is 4.49. The van der Waals surface area contributed by atoms with Crippen molar-refractivity contribution < 1.29 is 9.53 Å². The van der Waals surface area contributed by atoms with Crippen LogP contribution >= 0.6 is 11.6 Å². The third-order valence-corrected chi connectivity index (χ3v) is 4.72. The van der Waals surface area contributed by atoms with Crippen molar-refractivity contribution >= 4 is 23.2 Å². The average molecular weight is 419 g/mol. The van der Waals surface area contributed by atoms with Gasteiger partial charge in [-0.3, -0.25) is 4.79 Å². The maximum atomic E-state index is 12.8. The fourth-order valence-corrected chi connectivity index (χ4v) is 3.21. The number of carbonyl (C=O) groups excluding carboxylic acids is 1. The minimum absolute atomic E-state index is 0.0577. The molecule has 0 saturated carbocycles. The molecule has 0 atom stereocenters. The maximum absolute atomic E-state index is 12.8. The van der Waals surface area contributed by atoms with Gasteiger partial charge in [0.1, 0.15) is 5.75 Å². The summed E-state index contributed by atoms with van der Waals surface area (Å²) >= 11 is 6.17. The quantitative estimate of drug-likeness (QED) is 0.486. The van der Waals surface area contributed by atoms with Gasteiger partial charge in [0.15, 0.2) is 5.82 Å². The molecular weight excluding hydrogens is 400 g/mol. The first kappa shape index (κ1) is 19.7. The number of nitrogens with zero attached hydrogens (tertiary/aromatic N) is 3. The molecule has 0 saturated heterocycles. The van der Waals surface area contributed by atoms with Crippen LogP contribution in [0.15, 0.2) is 72.8 Å². The smallest absolute Gasteiger partial charge is 0.295 e. The number of benzene rings is 3. The molecule has 0 fully saturated rings. The Balaban J connectivity index is 1.73. The van der Waals surface area contributed by atoms with Gasteiger partial charge in [-0.2, -0.15) is 0 Å². The van der Waals surface area contributed by atoms with Crippen LogP contribution in [0.1, 0.15) is 16.2 Å². The molecule has 3 aromatic carbocycles. The highest BCUT2D eigenvalue weighted by atomic mass is 35.5. The summed E-state index contributed by atoms with van der Waals surface area (Å²) in [4.78, 5) is 17.3. The molecule has 1 heterocycles. The molecule has 0 aliphatic rings. The Kier molecular flexibility index (Phi) is 5.50. The lowest BCUT2D eigenvalue weighted by Gasteiger charge is -2.07. The number of rotatable bonds is 5. The van der Waals surface area contributed by atoms with E-state index in [-0.39, 0.29) is 5.82 Å². The van der Waals surface area contributed by atoms with Crippen molar-refractivity contribution in [2.24, 2.45) is 0 Å². The van der Waals surface area contributed by atoms with Crippen molar-refractivity contribution in [3.63, 3.8) is 0 Å². The highest BCUT2D eigenvalue weighted by Gasteiger charge is 2.19. The normalized spacial score (nSPS) is 10.6. The van der Waals surface area contributed by atoms with Gasteiger partial charge >= 0.3 is 0 Å². The second-order valence-corrected chi connectivity index (χ2v) is 7.14. The van der Waals surface area contributed by atoms with Crippen LogP contribution in [-0.4, -0.2) is 27.8 Å². The Labute approximate surface area is 179 Å².